The maximum atomic E-state index is 12.3. The molecule has 0 aliphatic carbocycles. The van der Waals surface area contributed by atoms with Gasteiger partial charge >= 0.3 is 0 Å². The highest BCUT2D eigenvalue weighted by Crippen LogP contribution is 2.28. The number of rotatable bonds is 3. The van der Waals surface area contributed by atoms with Gasteiger partial charge in [0, 0.05) is 29.4 Å². The van der Waals surface area contributed by atoms with E-state index in [-0.39, 0.29) is 11.8 Å². The Morgan fingerprint density at radius 2 is 1.96 bits per heavy atom. The topological polar surface area (TPSA) is 49.4 Å². The third-order valence-corrected chi connectivity index (χ3v) is 4.54. The quantitative estimate of drug-likeness (QED) is 0.861. The number of carbonyl (C=O) groups excluding carboxylic acids is 2. The highest BCUT2D eigenvalue weighted by molar-refractivity contribution is 6.37. The van der Waals surface area contributed by atoms with Crippen LogP contribution in [0.1, 0.15) is 28.8 Å². The zero-order chi connectivity index (χ0) is 17.3. The summed E-state index contributed by atoms with van der Waals surface area (Å²) in [7, 11) is 0. The smallest absolute Gasteiger partial charge is 0.257 e. The molecule has 0 unspecified atom stereocenters. The Hall–Kier alpha value is -2.04. The van der Waals surface area contributed by atoms with E-state index in [0.29, 0.717) is 27.7 Å². The zero-order valence-corrected chi connectivity index (χ0v) is 14.6. The van der Waals surface area contributed by atoms with Crippen LogP contribution in [-0.4, -0.2) is 18.4 Å². The molecule has 3 rings (SSSR count). The number of nitrogens with one attached hydrogen (secondary N) is 1. The molecule has 1 fully saturated rings. The number of benzene rings is 2. The van der Waals surface area contributed by atoms with Crippen LogP contribution in [0.15, 0.2) is 36.4 Å². The second-order valence-electron chi connectivity index (χ2n) is 5.73. The van der Waals surface area contributed by atoms with Gasteiger partial charge in [-0.1, -0.05) is 23.2 Å². The summed E-state index contributed by atoms with van der Waals surface area (Å²) in [6.45, 7) is 2.66. The van der Waals surface area contributed by atoms with E-state index in [1.165, 1.54) is 6.07 Å². The summed E-state index contributed by atoms with van der Waals surface area (Å²) in [5.74, 6) is -0.163. The Labute approximate surface area is 150 Å². The number of anilines is 2. The summed E-state index contributed by atoms with van der Waals surface area (Å²) in [5, 5.41) is 3.60. The van der Waals surface area contributed by atoms with Crippen LogP contribution in [-0.2, 0) is 4.79 Å². The largest absolute Gasteiger partial charge is 0.322 e. The van der Waals surface area contributed by atoms with E-state index < -0.39 is 0 Å². The van der Waals surface area contributed by atoms with E-state index in [0.717, 1.165) is 24.2 Å². The predicted octanol–water partition coefficient (Wildman–Crippen LogP) is 4.68. The normalized spacial score (nSPS) is 14.1. The van der Waals surface area contributed by atoms with Gasteiger partial charge in [0.2, 0.25) is 5.91 Å². The molecule has 1 aliphatic rings. The van der Waals surface area contributed by atoms with Crippen LogP contribution in [0.3, 0.4) is 0 Å². The summed E-state index contributed by atoms with van der Waals surface area (Å²) in [5.41, 5.74) is 2.83. The van der Waals surface area contributed by atoms with E-state index in [2.05, 4.69) is 5.32 Å². The van der Waals surface area contributed by atoms with Gasteiger partial charge in [-0.05, 0) is 55.3 Å². The Kier molecular flexibility index (Phi) is 4.78. The monoisotopic (exact) mass is 362 g/mol. The fourth-order valence-corrected chi connectivity index (χ4v) is 3.31. The first-order valence-electron chi connectivity index (χ1n) is 7.63. The molecular formula is C18H16Cl2N2O2. The number of hydrogen-bond donors (Lipinski definition) is 1. The molecule has 2 aromatic rings. The molecular weight excluding hydrogens is 347 g/mol. The Morgan fingerprint density at radius 3 is 2.58 bits per heavy atom. The second-order valence-corrected chi connectivity index (χ2v) is 6.57. The molecule has 2 aromatic carbocycles. The van der Waals surface area contributed by atoms with Crippen molar-refractivity contribution in [3.05, 3.63) is 57.6 Å². The predicted molar refractivity (Wildman–Crippen MR) is 97.2 cm³/mol. The molecule has 1 N–H and O–H groups in total. The van der Waals surface area contributed by atoms with Crippen LogP contribution in [0.5, 0.6) is 0 Å². The van der Waals surface area contributed by atoms with Crippen molar-refractivity contribution >= 4 is 46.4 Å². The van der Waals surface area contributed by atoms with Gasteiger partial charge < -0.3 is 10.2 Å². The van der Waals surface area contributed by atoms with Crippen LogP contribution in [0, 0.1) is 6.92 Å². The minimum atomic E-state index is -0.305. The molecule has 0 bridgehead atoms. The van der Waals surface area contributed by atoms with E-state index in [9.17, 15) is 9.59 Å². The molecule has 0 spiro atoms. The first kappa shape index (κ1) is 16.8. The van der Waals surface area contributed by atoms with Crippen molar-refractivity contribution in [2.45, 2.75) is 19.8 Å². The Bertz CT molecular complexity index is 821. The molecule has 6 heteroatoms. The molecule has 1 saturated heterocycles. The van der Waals surface area contributed by atoms with Crippen LogP contribution in [0.25, 0.3) is 0 Å². The van der Waals surface area contributed by atoms with Crippen molar-refractivity contribution in [3.8, 4) is 0 Å². The number of halogens is 2. The van der Waals surface area contributed by atoms with Gasteiger partial charge in [-0.3, -0.25) is 9.59 Å². The lowest BCUT2D eigenvalue weighted by Crippen LogP contribution is -2.24. The van der Waals surface area contributed by atoms with Gasteiger partial charge in [0.1, 0.15) is 0 Å². The second kappa shape index (κ2) is 6.83. The van der Waals surface area contributed by atoms with Crippen molar-refractivity contribution < 1.29 is 9.59 Å². The van der Waals surface area contributed by atoms with Crippen LogP contribution in [0.4, 0.5) is 11.4 Å². The molecule has 2 amide bonds. The summed E-state index contributed by atoms with van der Waals surface area (Å²) < 4.78 is 0. The summed E-state index contributed by atoms with van der Waals surface area (Å²) in [6.07, 6.45) is 1.47. The fraction of sp³-hybridized carbons (Fsp3) is 0.222. The maximum absolute atomic E-state index is 12.3. The average Bonchev–Trinajstić information content (AvgIpc) is 2.93. The van der Waals surface area contributed by atoms with Crippen LogP contribution in [0.2, 0.25) is 10.0 Å². The first-order valence-corrected chi connectivity index (χ1v) is 8.39. The Balaban J connectivity index is 1.79. The lowest BCUT2D eigenvalue weighted by molar-refractivity contribution is -0.117. The highest BCUT2D eigenvalue weighted by atomic mass is 35.5. The third-order valence-electron chi connectivity index (χ3n) is 3.99. The third kappa shape index (κ3) is 3.40. The van der Waals surface area contributed by atoms with Gasteiger partial charge in [-0.2, -0.15) is 0 Å². The number of amides is 2. The minimum absolute atomic E-state index is 0.142. The number of carbonyl (C=O) groups is 2. The zero-order valence-electron chi connectivity index (χ0n) is 13.1. The summed E-state index contributed by atoms with van der Waals surface area (Å²) in [6, 6.07) is 10.2. The molecule has 1 aliphatic heterocycles. The lowest BCUT2D eigenvalue weighted by atomic mass is 10.1. The van der Waals surface area contributed by atoms with Gasteiger partial charge in [0.15, 0.2) is 0 Å². The van der Waals surface area contributed by atoms with Gasteiger partial charge in [0.25, 0.3) is 5.91 Å². The molecule has 1 heterocycles. The van der Waals surface area contributed by atoms with Crippen LogP contribution < -0.4 is 10.2 Å². The average molecular weight is 363 g/mol. The standard InChI is InChI=1S/C18H16Cl2N2O2/c1-11-9-13(5-7-16(11)22-8-2-3-17(22)23)21-18(24)14-6-4-12(19)10-15(14)20/h4-7,9-10H,2-3,8H2,1H3,(H,21,24). The fourth-order valence-electron chi connectivity index (χ4n) is 2.81. The molecule has 0 atom stereocenters. The number of nitrogens with zero attached hydrogens (tertiary/aromatic N) is 1. The number of aryl methyl sites for hydroxylation is 1. The lowest BCUT2D eigenvalue weighted by Gasteiger charge is -2.19. The van der Waals surface area contributed by atoms with Gasteiger partial charge in [-0.15, -0.1) is 0 Å². The van der Waals surface area contributed by atoms with Gasteiger partial charge in [-0.25, -0.2) is 0 Å². The van der Waals surface area contributed by atoms with Crippen molar-refractivity contribution in [1.29, 1.82) is 0 Å². The molecule has 0 aromatic heterocycles. The highest BCUT2D eigenvalue weighted by Gasteiger charge is 2.23. The van der Waals surface area contributed by atoms with Crippen molar-refractivity contribution in [3.63, 3.8) is 0 Å². The van der Waals surface area contributed by atoms with E-state index in [4.69, 9.17) is 23.2 Å². The van der Waals surface area contributed by atoms with E-state index in [1.807, 2.05) is 19.1 Å². The SMILES string of the molecule is Cc1cc(NC(=O)c2ccc(Cl)cc2Cl)ccc1N1CCCC1=O. The molecule has 124 valence electrons. The van der Waals surface area contributed by atoms with Gasteiger partial charge in [0.05, 0.1) is 10.6 Å². The van der Waals surface area contributed by atoms with Crippen molar-refractivity contribution in [2.24, 2.45) is 0 Å². The molecule has 24 heavy (non-hydrogen) atoms. The Morgan fingerprint density at radius 1 is 1.17 bits per heavy atom. The van der Waals surface area contributed by atoms with E-state index in [1.54, 1.807) is 23.1 Å². The molecule has 0 radical (unpaired) electrons. The minimum Gasteiger partial charge on any atom is -0.322 e. The van der Waals surface area contributed by atoms with Crippen molar-refractivity contribution in [1.82, 2.24) is 0 Å². The van der Waals surface area contributed by atoms with E-state index >= 15 is 0 Å². The van der Waals surface area contributed by atoms with Crippen LogP contribution >= 0.6 is 23.2 Å². The molecule has 0 saturated carbocycles. The summed E-state index contributed by atoms with van der Waals surface area (Å²) in [4.78, 5) is 26.0. The maximum Gasteiger partial charge on any atom is 0.257 e. The first-order chi connectivity index (χ1) is 11.5. The summed E-state index contributed by atoms with van der Waals surface area (Å²) >= 11 is 11.9. The van der Waals surface area contributed by atoms with Crippen molar-refractivity contribution in [2.75, 3.05) is 16.8 Å². The number of hydrogen-bond acceptors (Lipinski definition) is 2. The molecule has 4 nitrogen and oxygen atoms in total.